The molecule has 0 radical (unpaired) electrons. The van der Waals surface area contributed by atoms with Gasteiger partial charge in [-0.3, -0.25) is 4.79 Å². The van der Waals surface area contributed by atoms with Crippen molar-refractivity contribution in [3.8, 4) is 10.6 Å². The first-order chi connectivity index (χ1) is 12.1. The Morgan fingerprint density at radius 1 is 1.28 bits per heavy atom. The number of nitrogens with zero attached hydrogens (tertiary/aromatic N) is 3. The number of hydrogen-bond acceptors (Lipinski definition) is 4. The molecule has 7 heteroatoms. The summed E-state index contributed by atoms with van der Waals surface area (Å²) in [6.45, 7) is 0. The summed E-state index contributed by atoms with van der Waals surface area (Å²) in [6.07, 6.45) is 3.69. The second kappa shape index (κ2) is 6.10. The zero-order chi connectivity index (χ0) is 17.4. The fourth-order valence-corrected chi connectivity index (χ4v) is 3.47. The molecule has 0 unspecified atom stereocenters. The summed E-state index contributed by atoms with van der Waals surface area (Å²) < 4.78 is 15.2. The van der Waals surface area contributed by atoms with E-state index in [2.05, 4.69) is 15.3 Å². The Morgan fingerprint density at radius 3 is 3.00 bits per heavy atom. The Labute approximate surface area is 146 Å². The van der Waals surface area contributed by atoms with E-state index in [1.54, 1.807) is 23.7 Å². The van der Waals surface area contributed by atoms with E-state index in [0.29, 0.717) is 11.4 Å². The van der Waals surface area contributed by atoms with Crippen LogP contribution >= 0.6 is 11.3 Å². The quantitative estimate of drug-likeness (QED) is 0.604. The van der Waals surface area contributed by atoms with Crippen LogP contribution in [0.15, 0.2) is 54.2 Å². The minimum absolute atomic E-state index is 0.296. The number of fused-ring (bicyclic) bond motifs is 1. The van der Waals surface area contributed by atoms with Gasteiger partial charge in [0.05, 0.1) is 0 Å². The molecule has 0 aliphatic carbocycles. The van der Waals surface area contributed by atoms with Gasteiger partial charge in [-0.1, -0.05) is 6.07 Å². The van der Waals surface area contributed by atoms with E-state index in [9.17, 15) is 9.18 Å². The van der Waals surface area contributed by atoms with Gasteiger partial charge in [-0.15, -0.1) is 11.3 Å². The number of benzene rings is 1. The van der Waals surface area contributed by atoms with Crippen LogP contribution in [0.1, 0.15) is 10.5 Å². The number of nitrogens with one attached hydrogen (secondary N) is 1. The highest BCUT2D eigenvalue weighted by Gasteiger charge is 2.16. The molecule has 0 bridgehead atoms. The van der Waals surface area contributed by atoms with Gasteiger partial charge in [0.15, 0.2) is 0 Å². The van der Waals surface area contributed by atoms with E-state index in [-0.39, 0.29) is 5.91 Å². The standard InChI is InChI=1S/C18H13FN4OS/c1-23-9-14(13-6-3-7-20-16(13)23)18-22-15(10-25-18)17(24)21-12-5-2-4-11(19)8-12/h2-10H,1H3,(H,21,24). The molecule has 1 amide bonds. The van der Waals surface area contributed by atoms with Crippen LogP contribution in [0.25, 0.3) is 21.6 Å². The van der Waals surface area contributed by atoms with Crippen molar-refractivity contribution in [2.45, 2.75) is 0 Å². The largest absolute Gasteiger partial charge is 0.335 e. The van der Waals surface area contributed by atoms with Crippen molar-refractivity contribution in [2.24, 2.45) is 7.05 Å². The molecule has 5 nitrogen and oxygen atoms in total. The maximum Gasteiger partial charge on any atom is 0.275 e. The van der Waals surface area contributed by atoms with Gasteiger partial charge in [0.1, 0.15) is 22.2 Å². The fraction of sp³-hybridized carbons (Fsp3) is 0.0556. The smallest absolute Gasteiger partial charge is 0.275 e. The van der Waals surface area contributed by atoms with Gasteiger partial charge in [-0.25, -0.2) is 14.4 Å². The average Bonchev–Trinajstić information content (AvgIpc) is 3.21. The van der Waals surface area contributed by atoms with Crippen LogP contribution in [0.3, 0.4) is 0 Å². The molecule has 0 saturated carbocycles. The molecule has 0 spiro atoms. The number of hydrogen-bond donors (Lipinski definition) is 1. The molecule has 0 fully saturated rings. The van der Waals surface area contributed by atoms with Crippen LogP contribution in [-0.4, -0.2) is 20.4 Å². The highest BCUT2D eigenvalue weighted by molar-refractivity contribution is 7.13. The third-order valence-corrected chi connectivity index (χ3v) is 4.66. The topological polar surface area (TPSA) is 59.8 Å². The monoisotopic (exact) mass is 352 g/mol. The van der Waals surface area contributed by atoms with Crippen LogP contribution in [0, 0.1) is 5.82 Å². The molecule has 0 aliphatic heterocycles. The molecule has 3 aromatic heterocycles. The summed E-state index contributed by atoms with van der Waals surface area (Å²) in [5.41, 5.74) is 2.48. The number of carbonyl (C=O) groups is 1. The number of halogens is 1. The number of pyridine rings is 1. The average molecular weight is 352 g/mol. The molecule has 0 atom stereocenters. The zero-order valence-corrected chi connectivity index (χ0v) is 14.0. The molecule has 0 aliphatic rings. The maximum absolute atomic E-state index is 13.2. The number of rotatable bonds is 3. The Morgan fingerprint density at radius 2 is 2.16 bits per heavy atom. The Bertz CT molecular complexity index is 1090. The number of carbonyl (C=O) groups excluding carboxylic acids is 1. The Balaban J connectivity index is 1.64. The van der Waals surface area contributed by atoms with Crippen LogP contribution in [0.4, 0.5) is 10.1 Å². The van der Waals surface area contributed by atoms with Gasteiger partial charge in [-0.05, 0) is 30.3 Å². The van der Waals surface area contributed by atoms with Gasteiger partial charge in [0.2, 0.25) is 0 Å². The highest BCUT2D eigenvalue weighted by atomic mass is 32.1. The third-order valence-electron chi connectivity index (χ3n) is 3.78. The van der Waals surface area contributed by atoms with Crippen molar-refractivity contribution in [2.75, 3.05) is 5.32 Å². The molecule has 4 aromatic rings. The van der Waals surface area contributed by atoms with E-state index < -0.39 is 5.82 Å². The van der Waals surface area contributed by atoms with Crippen molar-refractivity contribution in [1.82, 2.24) is 14.5 Å². The molecule has 25 heavy (non-hydrogen) atoms. The van der Waals surface area contributed by atoms with Crippen LogP contribution in [0.2, 0.25) is 0 Å². The summed E-state index contributed by atoms with van der Waals surface area (Å²) in [7, 11) is 1.92. The van der Waals surface area contributed by atoms with Crippen molar-refractivity contribution in [3.63, 3.8) is 0 Å². The Kier molecular flexibility index (Phi) is 3.77. The first-order valence-corrected chi connectivity index (χ1v) is 8.42. The molecular formula is C18H13FN4OS. The maximum atomic E-state index is 13.2. The van der Waals surface area contributed by atoms with E-state index >= 15 is 0 Å². The summed E-state index contributed by atoms with van der Waals surface area (Å²) in [5, 5.41) is 6.07. The van der Waals surface area contributed by atoms with Crippen molar-refractivity contribution in [1.29, 1.82) is 0 Å². The van der Waals surface area contributed by atoms with Gasteiger partial charge < -0.3 is 9.88 Å². The molecule has 124 valence electrons. The molecule has 1 aromatic carbocycles. The second-order valence-electron chi connectivity index (χ2n) is 5.53. The summed E-state index contributed by atoms with van der Waals surface area (Å²) in [6, 6.07) is 9.61. The molecular weight excluding hydrogens is 339 g/mol. The van der Waals surface area contributed by atoms with Crippen molar-refractivity contribution in [3.05, 3.63) is 65.7 Å². The molecule has 4 rings (SSSR count). The second-order valence-corrected chi connectivity index (χ2v) is 6.39. The zero-order valence-electron chi connectivity index (χ0n) is 13.2. The molecule has 1 N–H and O–H groups in total. The van der Waals surface area contributed by atoms with Crippen LogP contribution in [0.5, 0.6) is 0 Å². The lowest BCUT2D eigenvalue weighted by molar-refractivity contribution is 0.102. The van der Waals surface area contributed by atoms with Gasteiger partial charge in [-0.2, -0.15) is 0 Å². The fourth-order valence-electron chi connectivity index (χ4n) is 2.65. The summed E-state index contributed by atoms with van der Waals surface area (Å²) >= 11 is 1.39. The predicted molar refractivity (Wildman–Crippen MR) is 96.2 cm³/mol. The van der Waals surface area contributed by atoms with Crippen molar-refractivity contribution >= 4 is 34.0 Å². The van der Waals surface area contributed by atoms with Crippen LogP contribution in [-0.2, 0) is 7.05 Å². The highest BCUT2D eigenvalue weighted by Crippen LogP contribution is 2.31. The SMILES string of the molecule is Cn1cc(-c2nc(C(=O)Nc3cccc(F)c3)cs2)c2cccnc21. The van der Waals surface area contributed by atoms with E-state index in [1.165, 1.54) is 23.5 Å². The van der Waals surface area contributed by atoms with E-state index in [0.717, 1.165) is 21.6 Å². The minimum Gasteiger partial charge on any atom is -0.335 e. The lowest BCUT2D eigenvalue weighted by Crippen LogP contribution is -2.12. The number of aryl methyl sites for hydroxylation is 1. The lowest BCUT2D eigenvalue weighted by Gasteiger charge is -2.02. The van der Waals surface area contributed by atoms with Gasteiger partial charge in [0, 0.05) is 41.5 Å². The van der Waals surface area contributed by atoms with Gasteiger partial charge >= 0.3 is 0 Å². The normalized spacial score (nSPS) is 11.0. The first kappa shape index (κ1) is 15.5. The minimum atomic E-state index is -0.403. The number of thiazole rings is 1. The molecule has 0 saturated heterocycles. The summed E-state index contributed by atoms with van der Waals surface area (Å²) in [4.78, 5) is 21.1. The number of anilines is 1. The number of amides is 1. The van der Waals surface area contributed by atoms with Gasteiger partial charge in [0.25, 0.3) is 5.91 Å². The van der Waals surface area contributed by atoms with Crippen LogP contribution < -0.4 is 5.32 Å². The number of aromatic nitrogens is 3. The van der Waals surface area contributed by atoms with E-state index in [1.807, 2.05) is 29.9 Å². The lowest BCUT2D eigenvalue weighted by atomic mass is 10.2. The van der Waals surface area contributed by atoms with E-state index in [4.69, 9.17) is 0 Å². The Hall–Kier alpha value is -3.06. The predicted octanol–water partition coefficient (Wildman–Crippen LogP) is 4.09. The third kappa shape index (κ3) is 2.89. The first-order valence-electron chi connectivity index (χ1n) is 7.55. The van der Waals surface area contributed by atoms with Crippen molar-refractivity contribution < 1.29 is 9.18 Å². The summed E-state index contributed by atoms with van der Waals surface area (Å²) in [5.74, 6) is -0.772. The molecule has 3 heterocycles.